The average Bonchev–Trinajstić information content (AvgIpc) is 2.72. The van der Waals surface area contributed by atoms with Gasteiger partial charge in [-0.1, -0.05) is 123 Å². The van der Waals surface area contributed by atoms with Crippen LogP contribution < -0.4 is 0 Å². The highest BCUT2D eigenvalue weighted by Crippen LogP contribution is 2.49. The second-order valence-electron chi connectivity index (χ2n) is 7.43. The normalized spacial score (nSPS) is 12.4. The molecule has 28 heavy (non-hydrogen) atoms. The van der Waals surface area contributed by atoms with Gasteiger partial charge in [-0.25, -0.2) is 0 Å². The first-order valence-electron chi connectivity index (χ1n) is 10.7. The van der Waals surface area contributed by atoms with E-state index in [-0.39, 0.29) is 0 Å². The molecule has 1 N–H and O–H groups in total. The van der Waals surface area contributed by atoms with Crippen molar-refractivity contribution in [3.63, 3.8) is 0 Å². The van der Waals surface area contributed by atoms with Crippen molar-refractivity contribution in [1.29, 1.82) is 0 Å². The van der Waals surface area contributed by atoms with Gasteiger partial charge in [-0.05, 0) is 24.0 Å². The van der Waals surface area contributed by atoms with Crippen molar-refractivity contribution < 1.29 is 4.89 Å². The monoisotopic (exact) mass is 434 g/mol. The van der Waals surface area contributed by atoms with Crippen LogP contribution >= 0.6 is 30.2 Å². The van der Waals surface area contributed by atoms with Crippen molar-refractivity contribution in [1.82, 2.24) is 0 Å². The lowest BCUT2D eigenvalue weighted by molar-refractivity contribution is 0.546. The number of benzene rings is 2. The Balaban J connectivity index is 1.57. The van der Waals surface area contributed by atoms with Gasteiger partial charge in [-0.2, -0.15) is 0 Å². The van der Waals surface area contributed by atoms with Crippen molar-refractivity contribution in [3.05, 3.63) is 71.8 Å². The molecule has 2 aromatic carbocycles. The first-order valence-corrected chi connectivity index (χ1v) is 14.7. The second kappa shape index (κ2) is 15.4. The molecule has 0 fully saturated rings. The predicted octanol–water partition coefficient (Wildman–Crippen LogP) is 8.60. The number of thiol groups is 1. The van der Waals surface area contributed by atoms with Gasteiger partial charge in [0.15, 0.2) is 0 Å². The number of rotatable bonds is 15. The van der Waals surface area contributed by atoms with Gasteiger partial charge in [-0.3, -0.25) is 0 Å². The van der Waals surface area contributed by atoms with Gasteiger partial charge in [0.05, 0.1) is 0 Å². The van der Waals surface area contributed by atoms with Crippen LogP contribution in [0.3, 0.4) is 0 Å². The highest BCUT2D eigenvalue weighted by Gasteiger charge is 2.13. The van der Waals surface area contributed by atoms with Crippen LogP contribution in [0.4, 0.5) is 0 Å². The maximum Gasteiger partial charge on any atom is 0.145 e. The Labute approximate surface area is 182 Å². The summed E-state index contributed by atoms with van der Waals surface area (Å²) in [6.07, 6.45) is 13.2. The Morgan fingerprint density at radius 3 is 1.57 bits per heavy atom. The molecule has 0 aromatic heterocycles. The van der Waals surface area contributed by atoms with Gasteiger partial charge in [0, 0.05) is 11.7 Å². The minimum atomic E-state index is -1.06. The van der Waals surface area contributed by atoms with Crippen LogP contribution in [0.1, 0.15) is 81.3 Å². The van der Waals surface area contributed by atoms with E-state index >= 15 is 0 Å². The van der Waals surface area contributed by atoms with E-state index < -0.39 is 6.55 Å². The SMILES string of the molecule is OP(S)SCCCCCCCCCCCC(c1ccccc1)c1ccccc1. The summed E-state index contributed by atoms with van der Waals surface area (Å²) in [5, 5.41) is 0. The minimum absolute atomic E-state index is 0.525. The van der Waals surface area contributed by atoms with Gasteiger partial charge in [0.25, 0.3) is 0 Å². The lowest BCUT2D eigenvalue weighted by atomic mass is 9.87. The predicted molar refractivity (Wildman–Crippen MR) is 131 cm³/mol. The smallest absolute Gasteiger partial charge is 0.145 e. The molecular formula is C24H35OPS2. The van der Waals surface area contributed by atoms with Gasteiger partial charge in [-0.15, -0.1) is 12.2 Å². The zero-order chi connectivity index (χ0) is 19.9. The van der Waals surface area contributed by atoms with Crippen molar-refractivity contribution >= 4 is 30.2 Å². The van der Waals surface area contributed by atoms with Crippen LogP contribution in [-0.4, -0.2) is 10.6 Å². The molecule has 2 rings (SSSR count). The molecule has 0 heterocycles. The summed E-state index contributed by atoms with van der Waals surface area (Å²) in [5.74, 6) is 1.58. The zero-order valence-electron chi connectivity index (χ0n) is 16.9. The van der Waals surface area contributed by atoms with E-state index in [1.54, 1.807) is 11.4 Å². The Kier molecular flexibility index (Phi) is 13.1. The first kappa shape index (κ1) is 23.8. The summed E-state index contributed by atoms with van der Waals surface area (Å²) in [5.41, 5.74) is 2.89. The van der Waals surface area contributed by atoms with Crippen LogP contribution in [0.25, 0.3) is 0 Å². The van der Waals surface area contributed by atoms with Crippen LogP contribution in [0, 0.1) is 0 Å². The Bertz CT molecular complexity index is 567. The fraction of sp³-hybridized carbons (Fsp3) is 0.500. The quantitative estimate of drug-likeness (QED) is 0.166. The third kappa shape index (κ3) is 10.3. The molecule has 2 aromatic rings. The fourth-order valence-electron chi connectivity index (χ4n) is 3.73. The van der Waals surface area contributed by atoms with Crippen molar-refractivity contribution in [2.45, 2.75) is 70.1 Å². The maximum atomic E-state index is 9.15. The third-order valence-electron chi connectivity index (χ3n) is 5.25. The average molecular weight is 435 g/mol. The molecule has 0 aliphatic heterocycles. The first-order chi connectivity index (χ1) is 13.8. The summed E-state index contributed by atoms with van der Waals surface area (Å²) in [7, 11) is 0. The maximum absolute atomic E-state index is 9.15. The van der Waals surface area contributed by atoms with Crippen molar-refractivity contribution in [2.75, 3.05) is 5.75 Å². The highest BCUT2D eigenvalue weighted by molar-refractivity contribution is 8.81. The van der Waals surface area contributed by atoms with Crippen LogP contribution in [-0.2, 0) is 0 Å². The number of hydrogen-bond donors (Lipinski definition) is 2. The third-order valence-corrected chi connectivity index (χ3v) is 8.23. The Hall–Kier alpha value is -0.470. The molecule has 0 amide bonds. The van der Waals surface area contributed by atoms with Gasteiger partial charge in [0.2, 0.25) is 0 Å². The molecule has 4 heteroatoms. The zero-order valence-corrected chi connectivity index (χ0v) is 19.5. The summed E-state index contributed by atoms with van der Waals surface area (Å²) >= 11 is 5.63. The summed E-state index contributed by atoms with van der Waals surface area (Å²) in [6, 6.07) is 21.9. The number of unbranched alkanes of at least 4 members (excludes halogenated alkanes) is 8. The molecule has 0 aliphatic carbocycles. The highest BCUT2D eigenvalue weighted by atomic mass is 33.1. The lowest BCUT2D eigenvalue weighted by Gasteiger charge is -2.18. The Morgan fingerprint density at radius 1 is 0.679 bits per heavy atom. The molecule has 0 bridgehead atoms. The second-order valence-corrected chi connectivity index (χ2v) is 12.4. The lowest BCUT2D eigenvalue weighted by Crippen LogP contribution is -2.01. The molecule has 0 saturated carbocycles. The van der Waals surface area contributed by atoms with E-state index in [2.05, 4.69) is 72.9 Å². The molecule has 1 unspecified atom stereocenters. The van der Waals surface area contributed by atoms with Gasteiger partial charge < -0.3 is 4.89 Å². The molecule has 0 aliphatic rings. The van der Waals surface area contributed by atoms with Crippen molar-refractivity contribution in [3.8, 4) is 0 Å². The van der Waals surface area contributed by atoms with E-state index in [4.69, 9.17) is 4.89 Å². The molecule has 1 atom stereocenters. The van der Waals surface area contributed by atoms with Crippen molar-refractivity contribution in [2.24, 2.45) is 0 Å². The molecule has 154 valence electrons. The topological polar surface area (TPSA) is 20.2 Å². The van der Waals surface area contributed by atoms with Crippen LogP contribution in [0.2, 0.25) is 0 Å². The van der Waals surface area contributed by atoms with E-state index in [9.17, 15) is 0 Å². The molecular weight excluding hydrogens is 399 g/mol. The summed E-state index contributed by atoms with van der Waals surface area (Å²) < 4.78 is 0. The number of hydrogen-bond acceptors (Lipinski definition) is 3. The van der Waals surface area contributed by atoms with E-state index in [1.807, 2.05) is 0 Å². The van der Waals surface area contributed by atoms with Gasteiger partial charge >= 0.3 is 0 Å². The largest absolute Gasteiger partial charge is 0.355 e. The van der Waals surface area contributed by atoms with Gasteiger partial charge in [0.1, 0.15) is 6.55 Å². The minimum Gasteiger partial charge on any atom is -0.355 e. The van der Waals surface area contributed by atoms with E-state index in [1.165, 1.54) is 75.3 Å². The van der Waals surface area contributed by atoms with Crippen LogP contribution in [0.5, 0.6) is 0 Å². The summed E-state index contributed by atoms with van der Waals surface area (Å²) in [6.45, 7) is -1.06. The molecule has 0 radical (unpaired) electrons. The van der Waals surface area contributed by atoms with E-state index in [0.29, 0.717) is 5.92 Å². The molecule has 0 spiro atoms. The fourth-order valence-corrected chi connectivity index (χ4v) is 5.84. The molecule has 0 saturated heterocycles. The van der Waals surface area contributed by atoms with E-state index in [0.717, 1.165) is 5.75 Å². The standard InChI is InChI=1S/C24H35OPS2/c25-26(27)28-21-15-7-5-3-1-2-4-6-14-20-24(22-16-10-8-11-17-22)23-18-12-9-13-19-23/h8-13,16-19,24-25,27H,1-7,14-15,20-21H2. The molecule has 1 nitrogen and oxygen atoms in total. The summed E-state index contributed by atoms with van der Waals surface area (Å²) in [4.78, 5) is 9.15. The van der Waals surface area contributed by atoms with Crippen LogP contribution in [0.15, 0.2) is 60.7 Å². The Morgan fingerprint density at radius 2 is 1.11 bits per heavy atom.